The van der Waals surface area contributed by atoms with Crippen LogP contribution in [0.5, 0.6) is 0 Å². The average Bonchev–Trinajstić information content (AvgIpc) is 1.82. The first-order valence-electron chi connectivity index (χ1n) is 3.23. The van der Waals surface area contributed by atoms with E-state index < -0.39 is 25.8 Å². The number of hydrogen-bond donors (Lipinski definition) is 2. The number of rotatable bonds is 4. The van der Waals surface area contributed by atoms with Gasteiger partial charge in [0.25, 0.3) is 0 Å². The van der Waals surface area contributed by atoms with Crippen LogP contribution in [0.2, 0.25) is 0 Å². The third kappa shape index (κ3) is 6.09. The van der Waals surface area contributed by atoms with E-state index in [1.165, 1.54) is 6.92 Å². The zero-order valence-corrected chi connectivity index (χ0v) is 7.53. The van der Waals surface area contributed by atoms with Crippen molar-refractivity contribution in [1.29, 1.82) is 0 Å². The molecular weight excluding hydrogens is 183 g/mol. The molecule has 0 radical (unpaired) electrons. The van der Waals surface area contributed by atoms with E-state index in [1.807, 2.05) is 0 Å². The van der Waals surface area contributed by atoms with Crippen LogP contribution in [0.3, 0.4) is 0 Å². The Morgan fingerprint density at radius 2 is 2.25 bits per heavy atom. The predicted molar refractivity (Wildman–Crippen MR) is 42.7 cm³/mol. The standard InChI is InChI=1S/C6H11O5P/c1-3-6(7)11-5(2)4-12(8,9)10/h3,5H,1,4H2,2H3,(H2,8,9,10). The molecule has 0 bridgehead atoms. The van der Waals surface area contributed by atoms with Gasteiger partial charge in [-0.2, -0.15) is 0 Å². The monoisotopic (exact) mass is 194 g/mol. The molecule has 0 aromatic rings. The van der Waals surface area contributed by atoms with Crippen molar-refractivity contribution >= 4 is 13.6 Å². The first-order chi connectivity index (χ1) is 5.35. The van der Waals surface area contributed by atoms with Crippen molar-refractivity contribution in [3.63, 3.8) is 0 Å². The third-order valence-electron chi connectivity index (χ3n) is 0.979. The van der Waals surface area contributed by atoms with Gasteiger partial charge < -0.3 is 14.5 Å². The summed E-state index contributed by atoms with van der Waals surface area (Å²) in [5.74, 6) is -0.684. The van der Waals surface area contributed by atoms with Crippen molar-refractivity contribution in [3.8, 4) is 0 Å². The fourth-order valence-corrected chi connectivity index (χ4v) is 1.36. The van der Waals surface area contributed by atoms with Crippen molar-refractivity contribution in [1.82, 2.24) is 0 Å². The highest BCUT2D eigenvalue weighted by Crippen LogP contribution is 2.35. The van der Waals surface area contributed by atoms with Crippen LogP contribution in [0, 0.1) is 0 Å². The lowest BCUT2D eigenvalue weighted by Crippen LogP contribution is -2.17. The van der Waals surface area contributed by atoms with E-state index in [2.05, 4.69) is 11.3 Å². The van der Waals surface area contributed by atoms with E-state index in [9.17, 15) is 9.36 Å². The number of carbonyl (C=O) groups is 1. The molecule has 0 aromatic carbocycles. The van der Waals surface area contributed by atoms with Gasteiger partial charge in [-0.05, 0) is 6.92 Å². The molecule has 0 amide bonds. The summed E-state index contributed by atoms with van der Waals surface area (Å²) in [6, 6.07) is 0. The second-order valence-electron chi connectivity index (χ2n) is 2.30. The minimum absolute atomic E-state index is 0.466. The maximum absolute atomic E-state index is 10.5. The number of ether oxygens (including phenoxy) is 1. The highest BCUT2D eigenvalue weighted by molar-refractivity contribution is 7.51. The van der Waals surface area contributed by atoms with Crippen LogP contribution in [0.4, 0.5) is 0 Å². The topological polar surface area (TPSA) is 83.8 Å². The first kappa shape index (κ1) is 11.4. The largest absolute Gasteiger partial charge is 0.459 e. The van der Waals surface area contributed by atoms with E-state index in [0.717, 1.165) is 6.08 Å². The highest BCUT2D eigenvalue weighted by Gasteiger charge is 2.19. The Morgan fingerprint density at radius 3 is 2.58 bits per heavy atom. The normalized spacial score (nSPS) is 13.6. The molecule has 0 aromatic heterocycles. The summed E-state index contributed by atoms with van der Waals surface area (Å²) in [4.78, 5) is 27.5. The third-order valence-corrected chi connectivity index (χ3v) is 1.97. The highest BCUT2D eigenvalue weighted by atomic mass is 31.2. The Balaban J connectivity index is 3.90. The maximum atomic E-state index is 10.5. The minimum atomic E-state index is -4.10. The van der Waals surface area contributed by atoms with Gasteiger partial charge in [0.2, 0.25) is 0 Å². The van der Waals surface area contributed by atoms with Crippen LogP contribution >= 0.6 is 7.60 Å². The molecule has 12 heavy (non-hydrogen) atoms. The quantitative estimate of drug-likeness (QED) is 0.381. The molecule has 0 heterocycles. The average molecular weight is 194 g/mol. The van der Waals surface area contributed by atoms with Gasteiger partial charge in [0.15, 0.2) is 0 Å². The summed E-state index contributed by atoms with van der Waals surface area (Å²) in [6.45, 7) is 4.54. The van der Waals surface area contributed by atoms with Crippen LogP contribution in [0.25, 0.3) is 0 Å². The van der Waals surface area contributed by atoms with E-state index in [1.54, 1.807) is 0 Å². The van der Waals surface area contributed by atoms with E-state index in [4.69, 9.17) is 9.79 Å². The lowest BCUT2D eigenvalue weighted by molar-refractivity contribution is -0.141. The SMILES string of the molecule is C=CC(=O)OC(C)CP(=O)(O)O. The molecule has 0 fully saturated rings. The Morgan fingerprint density at radius 1 is 1.75 bits per heavy atom. The molecular formula is C6H11O5P. The lowest BCUT2D eigenvalue weighted by atomic mass is 10.5. The second-order valence-corrected chi connectivity index (χ2v) is 3.99. The molecule has 0 saturated carbocycles. The van der Waals surface area contributed by atoms with Gasteiger partial charge in [0.1, 0.15) is 6.10 Å². The maximum Gasteiger partial charge on any atom is 0.330 e. The van der Waals surface area contributed by atoms with Gasteiger partial charge in [-0.25, -0.2) is 4.79 Å². The molecule has 0 aliphatic rings. The fourth-order valence-electron chi connectivity index (χ4n) is 0.619. The minimum Gasteiger partial charge on any atom is -0.459 e. The molecule has 1 unspecified atom stereocenters. The molecule has 0 aliphatic heterocycles. The molecule has 1 atom stereocenters. The Kier molecular flexibility index (Phi) is 4.17. The van der Waals surface area contributed by atoms with Crippen molar-refractivity contribution in [2.75, 3.05) is 6.16 Å². The Hall–Kier alpha value is -0.640. The van der Waals surface area contributed by atoms with Crippen LogP contribution in [0.1, 0.15) is 6.92 Å². The van der Waals surface area contributed by atoms with E-state index in [-0.39, 0.29) is 0 Å². The molecule has 0 rings (SSSR count). The van der Waals surface area contributed by atoms with E-state index in [0.29, 0.717) is 0 Å². The van der Waals surface area contributed by atoms with Crippen molar-refractivity contribution in [3.05, 3.63) is 12.7 Å². The van der Waals surface area contributed by atoms with Crippen molar-refractivity contribution < 1.29 is 23.9 Å². The van der Waals surface area contributed by atoms with Crippen LogP contribution < -0.4 is 0 Å². The van der Waals surface area contributed by atoms with Gasteiger partial charge in [0.05, 0.1) is 6.16 Å². The van der Waals surface area contributed by atoms with Gasteiger partial charge in [-0.1, -0.05) is 6.58 Å². The lowest BCUT2D eigenvalue weighted by Gasteiger charge is -2.11. The first-order valence-corrected chi connectivity index (χ1v) is 5.02. The Labute approximate surface area is 70.2 Å². The van der Waals surface area contributed by atoms with Crippen molar-refractivity contribution in [2.24, 2.45) is 0 Å². The summed E-state index contributed by atoms with van der Waals surface area (Å²) in [5.41, 5.74) is 0. The van der Waals surface area contributed by atoms with Gasteiger partial charge in [-0.15, -0.1) is 0 Å². The number of hydrogen-bond acceptors (Lipinski definition) is 3. The molecule has 6 heteroatoms. The van der Waals surface area contributed by atoms with Gasteiger partial charge in [-0.3, -0.25) is 4.57 Å². The van der Waals surface area contributed by atoms with Gasteiger partial charge >= 0.3 is 13.6 Å². The van der Waals surface area contributed by atoms with Gasteiger partial charge in [0, 0.05) is 6.08 Å². The van der Waals surface area contributed by atoms with Crippen LogP contribution in [-0.2, 0) is 14.1 Å². The second kappa shape index (κ2) is 4.40. The molecule has 0 saturated heterocycles. The molecule has 0 aliphatic carbocycles. The Bertz CT molecular complexity index is 218. The zero-order chi connectivity index (χ0) is 9.78. The molecule has 2 N–H and O–H groups in total. The van der Waals surface area contributed by atoms with Crippen molar-refractivity contribution in [2.45, 2.75) is 13.0 Å². The fraction of sp³-hybridized carbons (Fsp3) is 0.500. The number of carbonyl (C=O) groups excluding carboxylic acids is 1. The summed E-state index contributed by atoms with van der Waals surface area (Å²) in [6.07, 6.45) is -0.320. The summed E-state index contributed by atoms with van der Waals surface area (Å²) < 4.78 is 14.9. The predicted octanol–water partition coefficient (Wildman–Crippen LogP) is 0.282. The molecule has 70 valence electrons. The summed E-state index contributed by atoms with van der Waals surface area (Å²) in [7, 11) is -4.10. The molecule has 0 spiro atoms. The summed E-state index contributed by atoms with van der Waals surface area (Å²) in [5, 5.41) is 0. The van der Waals surface area contributed by atoms with Crippen LogP contribution in [0.15, 0.2) is 12.7 Å². The smallest absolute Gasteiger partial charge is 0.330 e. The molecule has 5 nitrogen and oxygen atoms in total. The summed E-state index contributed by atoms with van der Waals surface area (Å²) >= 11 is 0. The zero-order valence-electron chi connectivity index (χ0n) is 6.64. The van der Waals surface area contributed by atoms with E-state index >= 15 is 0 Å². The number of esters is 1. The van der Waals surface area contributed by atoms with Crippen LogP contribution in [-0.4, -0.2) is 28.0 Å².